The molecule has 0 saturated carbocycles. The molecule has 1 heterocycles. The monoisotopic (exact) mass is 216 g/mol. The molecule has 0 aromatic carbocycles. The zero-order chi connectivity index (χ0) is 8.27. The van der Waals surface area contributed by atoms with E-state index in [1.807, 2.05) is 0 Å². The van der Waals surface area contributed by atoms with Gasteiger partial charge in [-0.25, -0.2) is 4.79 Å². The molecular weight excluding hydrogens is 212 g/mol. The Hall–Kier alpha value is -1.03. The molecule has 58 valence electrons. The molecule has 0 bridgehead atoms. The second kappa shape index (κ2) is 3.39. The van der Waals surface area contributed by atoms with Crippen LogP contribution in [0.25, 0.3) is 6.08 Å². The first-order chi connectivity index (χ1) is 5.20. The van der Waals surface area contributed by atoms with Crippen LogP contribution in [-0.2, 0) is 4.79 Å². The largest absolute Gasteiger partial charge is 0.477 e. The summed E-state index contributed by atoms with van der Waals surface area (Å²) in [5.74, 6) is -0.499. The molecule has 11 heavy (non-hydrogen) atoms. The van der Waals surface area contributed by atoms with E-state index in [4.69, 9.17) is 9.52 Å². The van der Waals surface area contributed by atoms with Crippen molar-refractivity contribution < 1.29 is 14.3 Å². The van der Waals surface area contributed by atoms with E-state index in [0.717, 1.165) is 0 Å². The number of hydrogen-bond acceptors (Lipinski definition) is 2. The molecule has 0 aliphatic carbocycles. The number of rotatable bonds is 2. The van der Waals surface area contributed by atoms with Crippen LogP contribution in [0.15, 0.2) is 27.3 Å². The Balaban J connectivity index is 2.82. The number of aliphatic carboxylic acids is 1. The molecule has 0 atom stereocenters. The summed E-state index contributed by atoms with van der Waals surface area (Å²) in [6, 6.07) is 3.36. The molecule has 0 fully saturated rings. The van der Waals surface area contributed by atoms with Crippen LogP contribution in [-0.4, -0.2) is 11.1 Å². The van der Waals surface area contributed by atoms with Gasteiger partial charge in [-0.15, -0.1) is 0 Å². The Morgan fingerprint density at radius 3 is 2.91 bits per heavy atom. The Bertz CT molecular complexity index is 274. The summed E-state index contributed by atoms with van der Waals surface area (Å²) >= 11 is 2.87. The van der Waals surface area contributed by atoms with Crippen molar-refractivity contribution in [3.63, 3.8) is 0 Å². The molecule has 1 N–H and O–H groups in total. The zero-order valence-corrected chi connectivity index (χ0v) is 7.04. The van der Waals surface area contributed by atoms with E-state index in [2.05, 4.69) is 15.9 Å². The van der Waals surface area contributed by atoms with Gasteiger partial charge < -0.3 is 9.52 Å². The normalized spacial score (nSPS) is 11.5. The second-order valence-corrected chi connectivity index (χ2v) is 2.67. The number of carbonyl (C=O) groups is 1. The minimum Gasteiger partial charge on any atom is -0.477 e. The maximum Gasteiger partial charge on any atom is 0.342 e. The van der Waals surface area contributed by atoms with Crippen LogP contribution in [0.5, 0.6) is 0 Å². The first-order valence-corrected chi connectivity index (χ1v) is 3.63. The van der Waals surface area contributed by atoms with Gasteiger partial charge in [0.05, 0.1) is 6.26 Å². The van der Waals surface area contributed by atoms with Gasteiger partial charge in [0.1, 0.15) is 10.2 Å². The number of carboxylic acid groups (broad SMARTS) is 1. The highest BCUT2D eigenvalue weighted by atomic mass is 79.9. The maximum atomic E-state index is 10.3. The van der Waals surface area contributed by atoms with Crippen molar-refractivity contribution in [3.8, 4) is 0 Å². The van der Waals surface area contributed by atoms with E-state index in [9.17, 15) is 4.79 Å². The third kappa shape index (κ3) is 2.23. The van der Waals surface area contributed by atoms with Crippen molar-refractivity contribution in [2.45, 2.75) is 0 Å². The maximum absolute atomic E-state index is 10.3. The lowest BCUT2D eigenvalue weighted by molar-refractivity contribution is -0.131. The first-order valence-electron chi connectivity index (χ1n) is 2.84. The van der Waals surface area contributed by atoms with Gasteiger partial charge in [0.15, 0.2) is 0 Å². The van der Waals surface area contributed by atoms with E-state index >= 15 is 0 Å². The number of furan rings is 1. The van der Waals surface area contributed by atoms with Crippen LogP contribution >= 0.6 is 15.9 Å². The van der Waals surface area contributed by atoms with Crippen molar-refractivity contribution in [1.29, 1.82) is 0 Å². The molecule has 1 aromatic heterocycles. The first kappa shape index (κ1) is 8.07. The lowest BCUT2D eigenvalue weighted by Crippen LogP contribution is -1.91. The SMILES string of the molecule is O=C(O)/C(Br)=C\c1ccco1. The van der Waals surface area contributed by atoms with Crippen LogP contribution in [0.3, 0.4) is 0 Å². The molecule has 4 heteroatoms. The van der Waals surface area contributed by atoms with Gasteiger partial charge in [0.2, 0.25) is 0 Å². The van der Waals surface area contributed by atoms with Crippen LogP contribution in [0.2, 0.25) is 0 Å². The topological polar surface area (TPSA) is 50.4 Å². The van der Waals surface area contributed by atoms with Gasteiger partial charge in [-0.2, -0.15) is 0 Å². The highest BCUT2D eigenvalue weighted by molar-refractivity contribution is 9.12. The third-order valence-corrected chi connectivity index (χ3v) is 1.58. The predicted octanol–water partition coefficient (Wildman–Crippen LogP) is 2.10. The van der Waals surface area contributed by atoms with Crippen molar-refractivity contribution in [3.05, 3.63) is 28.6 Å². The molecule has 0 amide bonds. The summed E-state index contributed by atoms with van der Waals surface area (Å²) in [4.78, 5) is 10.3. The molecule has 1 aromatic rings. The van der Waals surface area contributed by atoms with Gasteiger partial charge >= 0.3 is 5.97 Å². The van der Waals surface area contributed by atoms with Gasteiger partial charge in [0, 0.05) is 6.08 Å². The number of carboxylic acids is 1. The fourth-order valence-corrected chi connectivity index (χ4v) is 0.786. The van der Waals surface area contributed by atoms with E-state index in [0.29, 0.717) is 5.76 Å². The van der Waals surface area contributed by atoms with Gasteiger partial charge in [-0.05, 0) is 28.1 Å². The fourth-order valence-electron chi connectivity index (χ4n) is 0.560. The van der Waals surface area contributed by atoms with Crippen LogP contribution < -0.4 is 0 Å². The molecule has 0 spiro atoms. The highest BCUT2D eigenvalue weighted by Crippen LogP contribution is 2.12. The molecule has 0 radical (unpaired) electrons. The Kier molecular flexibility index (Phi) is 2.48. The molecule has 0 saturated heterocycles. The molecule has 3 nitrogen and oxygen atoms in total. The number of hydrogen-bond donors (Lipinski definition) is 1. The molecule has 0 aliphatic heterocycles. The van der Waals surface area contributed by atoms with Crippen LogP contribution in [0.1, 0.15) is 5.76 Å². The van der Waals surface area contributed by atoms with E-state index in [1.165, 1.54) is 12.3 Å². The fraction of sp³-hybridized carbons (Fsp3) is 0. The average Bonchev–Trinajstić information content (AvgIpc) is 2.39. The minimum atomic E-state index is -1.01. The lowest BCUT2D eigenvalue weighted by Gasteiger charge is -1.87. The smallest absolute Gasteiger partial charge is 0.342 e. The van der Waals surface area contributed by atoms with E-state index in [-0.39, 0.29) is 4.48 Å². The quantitative estimate of drug-likeness (QED) is 0.771. The number of halogens is 1. The van der Waals surface area contributed by atoms with Crippen LogP contribution in [0, 0.1) is 0 Å². The van der Waals surface area contributed by atoms with Crippen molar-refractivity contribution >= 4 is 28.0 Å². The summed E-state index contributed by atoms with van der Waals surface area (Å²) in [7, 11) is 0. The summed E-state index contributed by atoms with van der Waals surface area (Å²) in [6.45, 7) is 0. The van der Waals surface area contributed by atoms with Gasteiger partial charge in [-0.1, -0.05) is 0 Å². The summed E-state index contributed by atoms with van der Waals surface area (Å²) in [5.41, 5.74) is 0. The third-order valence-electron chi connectivity index (χ3n) is 1.02. The highest BCUT2D eigenvalue weighted by Gasteiger charge is 2.02. The standard InChI is InChI=1S/C7H5BrO3/c8-6(7(9)10)4-5-2-1-3-11-5/h1-4H,(H,9,10)/b6-4+. The average molecular weight is 217 g/mol. The van der Waals surface area contributed by atoms with Crippen molar-refractivity contribution in [2.24, 2.45) is 0 Å². The molecular formula is C7H5BrO3. The second-order valence-electron chi connectivity index (χ2n) is 1.81. The Morgan fingerprint density at radius 1 is 1.73 bits per heavy atom. The van der Waals surface area contributed by atoms with Crippen molar-refractivity contribution in [1.82, 2.24) is 0 Å². The Morgan fingerprint density at radius 2 is 2.45 bits per heavy atom. The summed E-state index contributed by atoms with van der Waals surface area (Å²) < 4.78 is 4.96. The van der Waals surface area contributed by atoms with Gasteiger partial charge in [0.25, 0.3) is 0 Å². The molecule has 0 aliphatic rings. The predicted molar refractivity (Wildman–Crippen MR) is 43.2 cm³/mol. The molecule has 0 unspecified atom stereocenters. The summed E-state index contributed by atoms with van der Waals surface area (Å²) in [6.07, 6.45) is 2.87. The van der Waals surface area contributed by atoms with E-state index < -0.39 is 5.97 Å². The van der Waals surface area contributed by atoms with Gasteiger partial charge in [-0.3, -0.25) is 0 Å². The zero-order valence-electron chi connectivity index (χ0n) is 5.45. The van der Waals surface area contributed by atoms with Crippen LogP contribution in [0.4, 0.5) is 0 Å². The lowest BCUT2D eigenvalue weighted by atomic mass is 10.4. The summed E-state index contributed by atoms with van der Waals surface area (Å²) in [5, 5.41) is 8.42. The Labute approximate surface area is 71.5 Å². The van der Waals surface area contributed by atoms with E-state index in [1.54, 1.807) is 12.1 Å². The minimum absolute atomic E-state index is 0.0763. The van der Waals surface area contributed by atoms with Crippen molar-refractivity contribution in [2.75, 3.05) is 0 Å². The molecule has 1 rings (SSSR count).